The number of hydrogen-bond acceptors (Lipinski definition) is 6. The molecule has 0 atom stereocenters. The topological polar surface area (TPSA) is 89.4 Å². The zero-order valence-corrected chi connectivity index (χ0v) is 16.8. The number of aromatic nitrogens is 5. The first-order chi connectivity index (χ1) is 14.1. The number of nitrogens with zero attached hydrogens (tertiary/aromatic N) is 6. The molecule has 0 fully saturated rings. The van der Waals surface area contributed by atoms with Gasteiger partial charge in [0.25, 0.3) is 5.56 Å². The van der Waals surface area contributed by atoms with Gasteiger partial charge in [0.1, 0.15) is 12.4 Å². The number of nitriles is 1. The van der Waals surface area contributed by atoms with Gasteiger partial charge in [0.05, 0.1) is 22.7 Å². The number of thioether (sulfide) groups is 1. The van der Waals surface area contributed by atoms with Crippen molar-refractivity contribution < 1.29 is 0 Å². The first-order valence-electron chi connectivity index (χ1n) is 9.03. The third kappa shape index (κ3) is 3.52. The van der Waals surface area contributed by atoms with Crippen LogP contribution in [0.25, 0.3) is 22.3 Å². The first-order valence-corrected chi connectivity index (χ1v) is 10.0. The van der Waals surface area contributed by atoms with Crippen LogP contribution in [-0.2, 0) is 19.3 Å². The predicted molar refractivity (Wildman–Crippen MR) is 112 cm³/mol. The van der Waals surface area contributed by atoms with Gasteiger partial charge in [-0.3, -0.25) is 9.36 Å². The molecule has 0 aliphatic heterocycles. The van der Waals surface area contributed by atoms with Crippen LogP contribution in [-0.4, -0.2) is 24.3 Å². The van der Waals surface area contributed by atoms with E-state index in [4.69, 9.17) is 5.26 Å². The predicted octanol–water partition coefficient (Wildman–Crippen LogP) is 3.32. The molecule has 2 aromatic heterocycles. The van der Waals surface area contributed by atoms with Crippen molar-refractivity contribution in [3.8, 4) is 17.5 Å². The van der Waals surface area contributed by atoms with Gasteiger partial charge in [0, 0.05) is 12.6 Å². The van der Waals surface area contributed by atoms with Crippen LogP contribution in [0.3, 0.4) is 0 Å². The minimum atomic E-state index is -0.202. The maximum absolute atomic E-state index is 12.8. The summed E-state index contributed by atoms with van der Waals surface area (Å²) >= 11 is 1.44. The summed E-state index contributed by atoms with van der Waals surface area (Å²) in [6.07, 6.45) is 0. The molecule has 7 nitrogen and oxygen atoms in total. The van der Waals surface area contributed by atoms with Crippen LogP contribution >= 0.6 is 11.8 Å². The summed E-state index contributed by atoms with van der Waals surface area (Å²) in [7, 11) is 1.92. The number of rotatable bonds is 5. The maximum atomic E-state index is 12.8. The fourth-order valence-electron chi connectivity index (χ4n) is 3.19. The lowest BCUT2D eigenvalue weighted by Crippen LogP contribution is -2.24. The number of fused-ring (bicyclic) bond motifs is 1. The van der Waals surface area contributed by atoms with Crippen LogP contribution in [0.15, 0.2) is 58.5 Å². The minimum absolute atomic E-state index is 0.0418. The van der Waals surface area contributed by atoms with Crippen LogP contribution in [0, 0.1) is 18.3 Å². The van der Waals surface area contributed by atoms with Crippen molar-refractivity contribution in [3.63, 3.8) is 0 Å². The van der Waals surface area contributed by atoms with Crippen molar-refractivity contribution in [2.75, 3.05) is 0 Å². The van der Waals surface area contributed by atoms with Gasteiger partial charge in [0.15, 0.2) is 11.0 Å². The Morgan fingerprint density at radius 2 is 1.86 bits per heavy atom. The van der Waals surface area contributed by atoms with Crippen molar-refractivity contribution in [2.45, 2.75) is 24.4 Å². The molecule has 0 spiro atoms. The van der Waals surface area contributed by atoms with E-state index >= 15 is 0 Å². The minimum Gasteiger partial charge on any atom is -0.305 e. The van der Waals surface area contributed by atoms with Crippen LogP contribution < -0.4 is 5.56 Å². The van der Waals surface area contributed by atoms with E-state index in [2.05, 4.69) is 21.3 Å². The molecule has 0 saturated heterocycles. The molecule has 29 heavy (non-hydrogen) atoms. The molecule has 0 aliphatic carbocycles. The second-order valence-electron chi connectivity index (χ2n) is 6.56. The van der Waals surface area contributed by atoms with E-state index in [-0.39, 0.29) is 12.1 Å². The van der Waals surface area contributed by atoms with Gasteiger partial charge in [-0.2, -0.15) is 5.26 Å². The highest BCUT2D eigenvalue weighted by Crippen LogP contribution is 2.26. The third-order valence-electron chi connectivity index (χ3n) is 4.72. The Kier molecular flexibility index (Phi) is 5.14. The summed E-state index contributed by atoms with van der Waals surface area (Å²) in [6.45, 7) is 2.00. The molecule has 0 radical (unpaired) electrons. The molecule has 0 unspecified atom stereocenters. The summed E-state index contributed by atoms with van der Waals surface area (Å²) in [5.74, 6) is 1.73. The molecule has 2 heterocycles. The molecule has 4 aromatic rings. The highest BCUT2D eigenvalue weighted by molar-refractivity contribution is 7.98. The van der Waals surface area contributed by atoms with E-state index in [1.54, 1.807) is 18.2 Å². The Morgan fingerprint density at radius 3 is 2.66 bits per heavy atom. The zero-order valence-electron chi connectivity index (χ0n) is 16.0. The Labute approximate surface area is 171 Å². The van der Waals surface area contributed by atoms with Crippen molar-refractivity contribution in [1.29, 1.82) is 5.26 Å². The number of para-hydroxylation sites is 1. The smallest absolute Gasteiger partial charge is 0.262 e. The lowest BCUT2D eigenvalue weighted by molar-refractivity contribution is 0.727. The Bertz CT molecular complexity index is 1300. The van der Waals surface area contributed by atoms with Crippen LogP contribution in [0.4, 0.5) is 0 Å². The summed E-state index contributed by atoms with van der Waals surface area (Å²) in [5, 5.41) is 19.0. The third-order valence-corrected chi connectivity index (χ3v) is 5.74. The highest BCUT2D eigenvalue weighted by atomic mass is 32.2. The monoisotopic (exact) mass is 402 g/mol. The Hall–Kier alpha value is -3.44. The fraction of sp³-hybridized carbons (Fsp3) is 0.190. The normalized spacial score (nSPS) is 10.9. The van der Waals surface area contributed by atoms with Crippen molar-refractivity contribution in [1.82, 2.24) is 24.3 Å². The molecule has 0 amide bonds. The second kappa shape index (κ2) is 7.89. The van der Waals surface area contributed by atoms with Gasteiger partial charge in [0.2, 0.25) is 0 Å². The molecule has 0 aliphatic rings. The van der Waals surface area contributed by atoms with Crippen molar-refractivity contribution in [3.05, 3.63) is 70.3 Å². The molecular weight excluding hydrogens is 384 g/mol. The molecule has 0 bridgehead atoms. The van der Waals surface area contributed by atoms with Crippen molar-refractivity contribution in [2.24, 2.45) is 7.05 Å². The van der Waals surface area contributed by atoms with Gasteiger partial charge >= 0.3 is 0 Å². The van der Waals surface area contributed by atoms with Gasteiger partial charge in [-0.15, -0.1) is 10.2 Å². The lowest BCUT2D eigenvalue weighted by atomic mass is 10.1. The van der Waals surface area contributed by atoms with Crippen LogP contribution in [0.2, 0.25) is 0 Å². The van der Waals surface area contributed by atoms with E-state index in [0.717, 1.165) is 17.0 Å². The number of hydrogen-bond donors (Lipinski definition) is 0. The zero-order chi connectivity index (χ0) is 20.4. The van der Waals surface area contributed by atoms with Gasteiger partial charge in [-0.25, -0.2) is 4.98 Å². The van der Waals surface area contributed by atoms with Crippen LogP contribution in [0.1, 0.15) is 11.4 Å². The average Bonchev–Trinajstić information content (AvgIpc) is 3.09. The summed E-state index contributed by atoms with van der Waals surface area (Å²) in [5.41, 5.74) is 2.57. The fourth-order valence-corrected chi connectivity index (χ4v) is 4.04. The summed E-state index contributed by atoms with van der Waals surface area (Å²) in [6, 6.07) is 17.2. The summed E-state index contributed by atoms with van der Waals surface area (Å²) < 4.78 is 3.36. The van der Waals surface area contributed by atoms with E-state index < -0.39 is 0 Å². The molecule has 2 aromatic carbocycles. The molecule has 8 heteroatoms. The molecule has 0 saturated carbocycles. The molecule has 4 rings (SSSR count). The summed E-state index contributed by atoms with van der Waals surface area (Å²) in [4.78, 5) is 17.4. The van der Waals surface area contributed by atoms with Gasteiger partial charge in [-0.05, 0) is 24.6 Å². The van der Waals surface area contributed by atoms with Crippen LogP contribution in [0.5, 0.6) is 0 Å². The van der Waals surface area contributed by atoms with Crippen molar-refractivity contribution >= 4 is 22.7 Å². The lowest BCUT2D eigenvalue weighted by Gasteiger charge is -2.10. The van der Waals surface area contributed by atoms with E-state index in [0.29, 0.717) is 27.6 Å². The van der Waals surface area contributed by atoms with Gasteiger partial charge < -0.3 is 4.57 Å². The van der Waals surface area contributed by atoms with Gasteiger partial charge in [-0.1, -0.05) is 48.2 Å². The van der Waals surface area contributed by atoms with E-state index in [9.17, 15) is 4.79 Å². The Morgan fingerprint density at radius 1 is 1.10 bits per heavy atom. The standard InChI is InChI=1S/C21H18N6OS/c1-14-7-3-4-8-15(14)19-24-25-21(26(19)2)29-13-18-23-17-10-6-5-9-16(17)20(28)27(18)12-11-22/h3-10H,12-13H2,1-2H3. The number of aryl methyl sites for hydroxylation is 1. The van der Waals surface area contributed by atoms with E-state index in [1.807, 2.05) is 48.9 Å². The van der Waals surface area contributed by atoms with E-state index in [1.165, 1.54) is 16.3 Å². The quantitative estimate of drug-likeness (QED) is 0.476. The largest absolute Gasteiger partial charge is 0.305 e. The second-order valence-corrected chi connectivity index (χ2v) is 7.51. The Balaban J connectivity index is 1.67. The highest BCUT2D eigenvalue weighted by Gasteiger charge is 2.15. The molecule has 0 N–H and O–H groups in total. The SMILES string of the molecule is Cc1ccccc1-c1nnc(SCc2nc3ccccc3c(=O)n2CC#N)n1C. The molecule has 144 valence electrons. The first kappa shape index (κ1) is 18.9. The molecular formula is C21H18N6OS. The maximum Gasteiger partial charge on any atom is 0.262 e. The average molecular weight is 402 g/mol. The number of benzene rings is 2.